The second kappa shape index (κ2) is 7.43. The van der Waals surface area contributed by atoms with Gasteiger partial charge in [0.1, 0.15) is 0 Å². The van der Waals surface area contributed by atoms with Gasteiger partial charge in [-0.1, -0.05) is 6.92 Å². The van der Waals surface area contributed by atoms with Crippen molar-refractivity contribution in [2.24, 2.45) is 0 Å². The molecule has 0 aliphatic rings. The van der Waals surface area contributed by atoms with Gasteiger partial charge in [-0.3, -0.25) is 0 Å². The molecule has 0 aromatic carbocycles. The van der Waals surface area contributed by atoms with Gasteiger partial charge in [0.05, 0.1) is 0 Å². The van der Waals surface area contributed by atoms with Crippen molar-refractivity contribution in [3.63, 3.8) is 0 Å². The molecule has 1 unspecified atom stereocenters. The summed E-state index contributed by atoms with van der Waals surface area (Å²) in [5.74, 6) is 0. The minimum absolute atomic E-state index is 0.546. The number of nitrogens with one attached hydrogen (secondary N) is 1. The van der Waals surface area contributed by atoms with Crippen LogP contribution >= 0.6 is 27.3 Å². The molecule has 1 aromatic heterocycles. The Kier molecular flexibility index (Phi) is 6.58. The predicted octanol–water partition coefficient (Wildman–Crippen LogP) is 2.98. The highest BCUT2D eigenvalue weighted by Crippen LogP contribution is 2.24. The fourth-order valence-electron chi connectivity index (χ4n) is 1.69. The van der Waals surface area contributed by atoms with Crippen LogP contribution in [0.15, 0.2) is 15.9 Å². The van der Waals surface area contributed by atoms with Crippen LogP contribution in [0.4, 0.5) is 0 Å². The van der Waals surface area contributed by atoms with E-state index in [1.54, 1.807) is 0 Å². The van der Waals surface area contributed by atoms with Crippen LogP contribution in [0.25, 0.3) is 0 Å². The van der Waals surface area contributed by atoms with Crippen LogP contribution in [0.5, 0.6) is 0 Å². The number of halogens is 1. The smallest absolute Gasteiger partial charge is 0.0314 e. The summed E-state index contributed by atoms with van der Waals surface area (Å²) in [5.41, 5.74) is 0. The average molecular weight is 305 g/mol. The highest BCUT2D eigenvalue weighted by Gasteiger charge is 2.12. The van der Waals surface area contributed by atoms with Gasteiger partial charge in [0.25, 0.3) is 0 Å². The molecule has 16 heavy (non-hydrogen) atoms. The Morgan fingerprint density at radius 1 is 1.50 bits per heavy atom. The molecule has 1 aromatic rings. The van der Waals surface area contributed by atoms with Crippen LogP contribution in [0.3, 0.4) is 0 Å². The van der Waals surface area contributed by atoms with Crippen LogP contribution in [0.1, 0.15) is 18.2 Å². The van der Waals surface area contributed by atoms with Crippen LogP contribution in [-0.4, -0.2) is 38.1 Å². The summed E-state index contributed by atoms with van der Waals surface area (Å²) >= 11 is 5.43. The largest absolute Gasteiger partial charge is 0.312 e. The third kappa shape index (κ3) is 4.95. The van der Waals surface area contributed by atoms with Gasteiger partial charge >= 0.3 is 0 Å². The third-order valence-electron chi connectivity index (χ3n) is 2.39. The molecule has 2 nitrogen and oxygen atoms in total. The van der Waals surface area contributed by atoms with Crippen molar-refractivity contribution in [2.75, 3.05) is 27.2 Å². The molecule has 1 N–H and O–H groups in total. The van der Waals surface area contributed by atoms with Crippen molar-refractivity contribution >= 4 is 27.3 Å². The summed E-state index contributed by atoms with van der Waals surface area (Å²) in [4.78, 5) is 3.69. The molecule has 0 bridgehead atoms. The molecule has 1 heterocycles. The third-order valence-corrected chi connectivity index (χ3v) is 4.34. The maximum atomic E-state index is 3.61. The highest BCUT2D eigenvalue weighted by atomic mass is 79.9. The van der Waals surface area contributed by atoms with Crippen molar-refractivity contribution in [2.45, 2.75) is 25.8 Å². The van der Waals surface area contributed by atoms with Gasteiger partial charge in [-0.05, 0) is 60.9 Å². The molecule has 0 aliphatic carbocycles. The Morgan fingerprint density at radius 2 is 2.25 bits per heavy atom. The van der Waals surface area contributed by atoms with Crippen LogP contribution in [0.2, 0.25) is 0 Å². The van der Waals surface area contributed by atoms with Gasteiger partial charge in [-0.25, -0.2) is 0 Å². The van der Waals surface area contributed by atoms with Gasteiger partial charge in [-0.2, -0.15) is 0 Å². The minimum Gasteiger partial charge on any atom is -0.312 e. The minimum atomic E-state index is 0.546. The maximum Gasteiger partial charge on any atom is 0.0314 e. The molecule has 0 saturated heterocycles. The van der Waals surface area contributed by atoms with Gasteiger partial charge in [0, 0.05) is 21.9 Å². The van der Waals surface area contributed by atoms with E-state index in [1.165, 1.54) is 15.8 Å². The van der Waals surface area contributed by atoms with E-state index in [0.29, 0.717) is 6.04 Å². The maximum absolute atomic E-state index is 3.61. The van der Waals surface area contributed by atoms with Gasteiger partial charge in [0.2, 0.25) is 0 Å². The van der Waals surface area contributed by atoms with Crippen LogP contribution < -0.4 is 5.32 Å². The monoisotopic (exact) mass is 304 g/mol. The van der Waals surface area contributed by atoms with Crippen molar-refractivity contribution in [3.05, 3.63) is 20.8 Å². The molecular formula is C12H21BrN2S. The first-order valence-electron chi connectivity index (χ1n) is 5.73. The van der Waals surface area contributed by atoms with E-state index in [9.17, 15) is 0 Å². The molecule has 0 spiro atoms. The Hall–Kier alpha value is 0.1000. The van der Waals surface area contributed by atoms with E-state index in [1.807, 2.05) is 11.3 Å². The Balaban J connectivity index is 2.52. The Morgan fingerprint density at radius 3 is 2.75 bits per heavy atom. The number of hydrogen-bond donors (Lipinski definition) is 1. The first-order valence-corrected chi connectivity index (χ1v) is 7.40. The van der Waals surface area contributed by atoms with E-state index in [4.69, 9.17) is 0 Å². The highest BCUT2D eigenvalue weighted by molar-refractivity contribution is 9.10. The normalized spacial score (nSPS) is 13.3. The quantitative estimate of drug-likeness (QED) is 0.833. The van der Waals surface area contributed by atoms with Crippen LogP contribution in [-0.2, 0) is 6.42 Å². The number of nitrogens with zero attached hydrogens (tertiary/aromatic N) is 1. The fraction of sp³-hybridized carbons (Fsp3) is 0.667. The number of thiophene rings is 1. The second-order valence-electron chi connectivity index (χ2n) is 4.31. The number of hydrogen-bond acceptors (Lipinski definition) is 3. The first-order chi connectivity index (χ1) is 7.63. The van der Waals surface area contributed by atoms with Crippen molar-refractivity contribution in [3.8, 4) is 0 Å². The van der Waals surface area contributed by atoms with E-state index >= 15 is 0 Å². The summed E-state index contributed by atoms with van der Waals surface area (Å²) < 4.78 is 1.25. The summed E-state index contributed by atoms with van der Waals surface area (Å²) in [5, 5.41) is 5.76. The molecule has 92 valence electrons. The topological polar surface area (TPSA) is 15.3 Å². The molecule has 0 fully saturated rings. The molecule has 4 heteroatoms. The van der Waals surface area contributed by atoms with Gasteiger partial charge in [-0.15, -0.1) is 11.3 Å². The van der Waals surface area contributed by atoms with E-state index < -0.39 is 0 Å². The van der Waals surface area contributed by atoms with Gasteiger partial charge < -0.3 is 10.2 Å². The van der Waals surface area contributed by atoms with Crippen molar-refractivity contribution in [1.82, 2.24) is 10.2 Å². The molecule has 0 aliphatic heterocycles. The van der Waals surface area contributed by atoms with Crippen molar-refractivity contribution < 1.29 is 0 Å². The molecule has 1 rings (SSSR count). The molecule has 0 radical (unpaired) electrons. The summed E-state index contributed by atoms with van der Waals surface area (Å²) in [6.07, 6.45) is 2.30. The number of rotatable bonds is 7. The summed E-state index contributed by atoms with van der Waals surface area (Å²) in [6, 6.07) is 2.68. The lowest BCUT2D eigenvalue weighted by Gasteiger charge is -2.22. The Labute approximate surface area is 111 Å². The molecule has 0 saturated carbocycles. The van der Waals surface area contributed by atoms with E-state index in [-0.39, 0.29) is 0 Å². The standard InChI is InChI=1S/C12H21BrN2S/c1-4-6-14-10(9-15(2)3)8-12-11(13)5-7-16-12/h5,7,10,14H,4,6,8-9H2,1-3H3. The SMILES string of the molecule is CCCNC(Cc1sccc1Br)CN(C)C. The zero-order valence-electron chi connectivity index (χ0n) is 10.3. The lowest BCUT2D eigenvalue weighted by molar-refractivity contribution is 0.336. The zero-order valence-corrected chi connectivity index (χ0v) is 12.7. The van der Waals surface area contributed by atoms with Crippen LogP contribution in [0, 0.1) is 0 Å². The average Bonchev–Trinajstić information content (AvgIpc) is 2.60. The lowest BCUT2D eigenvalue weighted by Crippen LogP contribution is -2.40. The molecular weight excluding hydrogens is 284 g/mol. The first kappa shape index (κ1) is 14.2. The predicted molar refractivity (Wildman–Crippen MR) is 76.4 cm³/mol. The fourth-order valence-corrected chi connectivity index (χ4v) is 3.28. The number of likely N-dealkylation sites (N-methyl/N-ethyl adjacent to an activating group) is 1. The van der Waals surface area contributed by atoms with E-state index in [0.717, 1.165) is 19.5 Å². The molecule has 0 amide bonds. The summed E-state index contributed by atoms with van der Waals surface area (Å²) in [7, 11) is 4.26. The van der Waals surface area contributed by atoms with Gasteiger partial charge in [0.15, 0.2) is 0 Å². The van der Waals surface area contributed by atoms with Crippen molar-refractivity contribution in [1.29, 1.82) is 0 Å². The lowest BCUT2D eigenvalue weighted by atomic mass is 10.1. The van der Waals surface area contributed by atoms with E-state index in [2.05, 4.69) is 58.6 Å². The second-order valence-corrected chi connectivity index (χ2v) is 6.16. The summed E-state index contributed by atoms with van der Waals surface area (Å²) in [6.45, 7) is 4.40. The molecule has 1 atom stereocenters. The zero-order chi connectivity index (χ0) is 12.0. The Bertz CT molecular complexity index is 299.